The first-order valence-electron chi connectivity index (χ1n) is 6.63. The lowest BCUT2D eigenvalue weighted by Crippen LogP contribution is -2.26. The van der Waals surface area contributed by atoms with Crippen LogP contribution in [0.3, 0.4) is 0 Å². The van der Waals surface area contributed by atoms with Crippen molar-refractivity contribution in [2.24, 2.45) is 0 Å². The molecule has 1 unspecified atom stereocenters. The SMILES string of the molecule is Cc1ccc(-c2cncn2CC2CCCN2)cc1. The topological polar surface area (TPSA) is 29.9 Å². The number of imidazole rings is 1. The molecule has 0 saturated carbocycles. The smallest absolute Gasteiger partial charge is 0.0951 e. The highest BCUT2D eigenvalue weighted by Gasteiger charge is 2.16. The summed E-state index contributed by atoms with van der Waals surface area (Å²) in [5, 5.41) is 3.53. The van der Waals surface area contributed by atoms with Crippen molar-refractivity contribution < 1.29 is 0 Å². The molecule has 1 aromatic heterocycles. The molecule has 1 aromatic carbocycles. The number of benzene rings is 1. The van der Waals surface area contributed by atoms with Crippen LogP contribution in [-0.4, -0.2) is 22.1 Å². The van der Waals surface area contributed by atoms with Crippen molar-refractivity contribution in [1.82, 2.24) is 14.9 Å². The summed E-state index contributed by atoms with van der Waals surface area (Å²) in [5.74, 6) is 0. The predicted octanol–water partition coefficient (Wildman–Crippen LogP) is 2.61. The van der Waals surface area contributed by atoms with E-state index in [4.69, 9.17) is 0 Å². The van der Waals surface area contributed by atoms with Crippen LogP contribution in [0.5, 0.6) is 0 Å². The number of hydrogen-bond acceptors (Lipinski definition) is 2. The lowest BCUT2D eigenvalue weighted by molar-refractivity contribution is 0.512. The lowest BCUT2D eigenvalue weighted by atomic mass is 10.1. The first kappa shape index (κ1) is 11.5. The fourth-order valence-electron chi connectivity index (χ4n) is 2.58. The van der Waals surface area contributed by atoms with Gasteiger partial charge in [-0.1, -0.05) is 29.8 Å². The van der Waals surface area contributed by atoms with Crippen molar-refractivity contribution in [3.8, 4) is 11.3 Å². The van der Waals surface area contributed by atoms with E-state index in [2.05, 4.69) is 46.1 Å². The van der Waals surface area contributed by atoms with Gasteiger partial charge in [-0.3, -0.25) is 0 Å². The van der Waals surface area contributed by atoms with Crippen LogP contribution in [0.2, 0.25) is 0 Å². The largest absolute Gasteiger partial charge is 0.329 e. The van der Waals surface area contributed by atoms with Gasteiger partial charge in [0.25, 0.3) is 0 Å². The van der Waals surface area contributed by atoms with Crippen LogP contribution in [0, 0.1) is 6.92 Å². The average molecular weight is 241 g/mol. The maximum absolute atomic E-state index is 4.30. The summed E-state index contributed by atoms with van der Waals surface area (Å²) in [4.78, 5) is 4.30. The van der Waals surface area contributed by atoms with E-state index in [1.165, 1.54) is 29.7 Å². The molecule has 18 heavy (non-hydrogen) atoms. The van der Waals surface area contributed by atoms with Gasteiger partial charge >= 0.3 is 0 Å². The highest BCUT2D eigenvalue weighted by atomic mass is 15.1. The minimum absolute atomic E-state index is 0.600. The Kier molecular flexibility index (Phi) is 3.15. The Bertz CT molecular complexity index is 507. The van der Waals surface area contributed by atoms with E-state index in [1.54, 1.807) is 0 Å². The van der Waals surface area contributed by atoms with Crippen molar-refractivity contribution >= 4 is 0 Å². The highest BCUT2D eigenvalue weighted by molar-refractivity contribution is 5.59. The van der Waals surface area contributed by atoms with Crippen LogP contribution in [0.25, 0.3) is 11.3 Å². The van der Waals surface area contributed by atoms with E-state index in [0.717, 1.165) is 13.1 Å². The molecule has 0 spiro atoms. The van der Waals surface area contributed by atoms with Crippen molar-refractivity contribution in [1.29, 1.82) is 0 Å². The molecule has 0 radical (unpaired) electrons. The summed E-state index contributed by atoms with van der Waals surface area (Å²) in [6.45, 7) is 4.28. The first-order chi connectivity index (χ1) is 8.83. The van der Waals surface area contributed by atoms with E-state index >= 15 is 0 Å². The van der Waals surface area contributed by atoms with Gasteiger partial charge in [0, 0.05) is 12.6 Å². The zero-order valence-electron chi connectivity index (χ0n) is 10.8. The molecule has 0 bridgehead atoms. The minimum Gasteiger partial charge on any atom is -0.329 e. The van der Waals surface area contributed by atoms with Crippen LogP contribution in [0.1, 0.15) is 18.4 Å². The summed E-state index contributed by atoms with van der Waals surface area (Å²) in [6, 6.07) is 9.25. The van der Waals surface area contributed by atoms with E-state index in [-0.39, 0.29) is 0 Å². The van der Waals surface area contributed by atoms with Gasteiger partial charge in [0.05, 0.1) is 18.2 Å². The van der Waals surface area contributed by atoms with Crippen molar-refractivity contribution in [3.05, 3.63) is 42.4 Å². The van der Waals surface area contributed by atoms with E-state index in [9.17, 15) is 0 Å². The molecule has 2 heterocycles. The number of nitrogens with zero attached hydrogens (tertiary/aromatic N) is 2. The molecule has 0 aliphatic carbocycles. The number of aryl methyl sites for hydroxylation is 1. The molecule has 1 fully saturated rings. The molecule has 1 saturated heterocycles. The average Bonchev–Trinajstić information content (AvgIpc) is 3.02. The third kappa shape index (κ3) is 2.31. The van der Waals surface area contributed by atoms with Crippen molar-refractivity contribution in [2.45, 2.75) is 32.4 Å². The molecule has 94 valence electrons. The number of hydrogen-bond donors (Lipinski definition) is 1. The van der Waals surface area contributed by atoms with E-state index < -0.39 is 0 Å². The molecule has 0 amide bonds. The summed E-state index contributed by atoms with van der Waals surface area (Å²) < 4.78 is 2.26. The molecule has 1 N–H and O–H groups in total. The Morgan fingerprint density at radius 1 is 1.33 bits per heavy atom. The number of rotatable bonds is 3. The zero-order valence-corrected chi connectivity index (χ0v) is 10.8. The first-order valence-corrected chi connectivity index (χ1v) is 6.63. The van der Waals surface area contributed by atoms with E-state index in [0.29, 0.717) is 6.04 Å². The fourth-order valence-corrected chi connectivity index (χ4v) is 2.58. The Labute approximate surface area is 108 Å². The van der Waals surface area contributed by atoms with Gasteiger partial charge < -0.3 is 9.88 Å². The third-order valence-electron chi connectivity index (χ3n) is 3.64. The maximum atomic E-state index is 4.30. The molecule has 3 rings (SSSR count). The predicted molar refractivity (Wildman–Crippen MR) is 73.4 cm³/mol. The normalized spacial score (nSPS) is 19.3. The number of aromatic nitrogens is 2. The van der Waals surface area contributed by atoms with Gasteiger partial charge in [0.2, 0.25) is 0 Å². The molecular weight excluding hydrogens is 222 g/mol. The zero-order chi connectivity index (χ0) is 12.4. The highest BCUT2D eigenvalue weighted by Crippen LogP contribution is 2.20. The van der Waals surface area contributed by atoms with Crippen molar-refractivity contribution in [3.63, 3.8) is 0 Å². The summed E-state index contributed by atoms with van der Waals surface area (Å²) in [6.07, 6.45) is 6.46. The van der Waals surface area contributed by atoms with Crippen LogP contribution in [-0.2, 0) is 6.54 Å². The fraction of sp³-hybridized carbons (Fsp3) is 0.400. The Morgan fingerprint density at radius 3 is 2.89 bits per heavy atom. The monoisotopic (exact) mass is 241 g/mol. The minimum atomic E-state index is 0.600. The van der Waals surface area contributed by atoms with Gasteiger partial charge in [-0.15, -0.1) is 0 Å². The third-order valence-corrected chi connectivity index (χ3v) is 3.64. The van der Waals surface area contributed by atoms with Gasteiger partial charge in [0.1, 0.15) is 0 Å². The molecule has 1 atom stereocenters. The summed E-state index contributed by atoms with van der Waals surface area (Å²) in [7, 11) is 0. The molecule has 2 aromatic rings. The Morgan fingerprint density at radius 2 is 2.17 bits per heavy atom. The second-order valence-electron chi connectivity index (χ2n) is 5.09. The van der Waals surface area contributed by atoms with Gasteiger partial charge in [-0.05, 0) is 31.9 Å². The Balaban J connectivity index is 1.84. The van der Waals surface area contributed by atoms with Gasteiger partial charge in [-0.25, -0.2) is 4.98 Å². The molecule has 3 heteroatoms. The second-order valence-corrected chi connectivity index (χ2v) is 5.09. The van der Waals surface area contributed by atoms with Crippen LogP contribution in [0.15, 0.2) is 36.8 Å². The Hall–Kier alpha value is -1.61. The lowest BCUT2D eigenvalue weighted by Gasteiger charge is -2.14. The number of nitrogens with one attached hydrogen (secondary N) is 1. The molecule has 3 nitrogen and oxygen atoms in total. The second kappa shape index (κ2) is 4.94. The molecule has 1 aliphatic heterocycles. The van der Waals surface area contributed by atoms with Crippen LogP contribution in [0.4, 0.5) is 0 Å². The van der Waals surface area contributed by atoms with E-state index in [1.807, 2.05) is 12.5 Å². The summed E-state index contributed by atoms with van der Waals surface area (Å²) >= 11 is 0. The van der Waals surface area contributed by atoms with Crippen LogP contribution >= 0.6 is 0 Å². The molecule has 1 aliphatic rings. The quantitative estimate of drug-likeness (QED) is 0.895. The van der Waals surface area contributed by atoms with Gasteiger partial charge in [0.15, 0.2) is 0 Å². The van der Waals surface area contributed by atoms with Crippen LogP contribution < -0.4 is 5.32 Å². The standard InChI is InChI=1S/C15H19N3/c1-12-4-6-13(7-5-12)15-9-16-11-18(15)10-14-3-2-8-17-14/h4-7,9,11,14,17H,2-3,8,10H2,1H3. The van der Waals surface area contributed by atoms with Gasteiger partial charge in [-0.2, -0.15) is 0 Å². The summed E-state index contributed by atoms with van der Waals surface area (Å²) in [5.41, 5.74) is 3.75. The molecular formula is C15H19N3. The maximum Gasteiger partial charge on any atom is 0.0951 e. The van der Waals surface area contributed by atoms with Crippen molar-refractivity contribution in [2.75, 3.05) is 6.54 Å².